The van der Waals surface area contributed by atoms with Gasteiger partial charge < -0.3 is 30.0 Å². The minimum Gasteiger partial charge on any atom is -0.550 e. The van der Waals surface area contributed by atoms with Crippen molar-refractivity contribution in [3.05, 3.63) is 28.7 Å². The molecule has 1 aromatic carbocycles. The van der Waals surface area contributed by atoms with Gasteiger partial charge in [-0.15, -0.1) is 0 Å². The van der Waals surface area contributed by atoms with Crippen molar-refractivity contribution in [2.75, 3.05) is 0 Å². The predicted octanol–water partition coefficient (Wildman–Crippen LogP) is -1.44. The van der Waals surface area contributed by atoms with Crippen LogP contribution in [0.25, 0.3) is 6.08 Å². The van der Waals surface area contributed by atoms with Crippen LogP contribution in [0, 0.1) is 0 Å². The number of carboxylic acid groups (broad SMARTS) is 2. The van der Waals surface area contributed by atoms with Crippen molar-refractivity contribution in [1.29, 1.82) is 0 Å². The van der Waals surface area contributed by atoms with E-state index in [1.165, 1.54) is 24.3 Å². The molecule has 0 bridgehead atoms. The number of aromatic hydroxyl groups is 2. The fourth-order valence-corrected chi connectivity index (χ4v) is 3.32. The van der Waals surface area contributed by atoms with Crippen LogP contribution in [-0.2, 0) is 14.4 Å². The van der Waals surface area contributed by atoms with Gasteiger partial charge in [-0.3, -0.25) is 9.69 Å². The van der Waals surface area contributed by atoms with Gasteiger partial charge in [-0.2, -0.15) is 0 Å². The average Bonchev–Trinajstić information content (AvgIpc) is 2.75. The van der Waals surface area contributed by atoms with E-state index in [-0.39, 0.29) is 15.0 Å². The SMILES string of the molecule is O=C([O-])C[C@H](C(=O)[O-])N1C(=O)/C(=C\c2ccc(O)c(O)c2)SC1=S. The van der Waals surface area contributed by atoms with Gasteiger partial charge in [-0.1, -0.05) is 30.0 Å². The molecule has 1 aliphatic rings. The third kappa shape index (κ3) is 3.66. The second-order valence-corrected chi connectivity index (χ2v) is 6.39. The first-order chi connectivity index (χ1) is 11.2. The van der Waals surface area contributed by atoms with Crippen LogP contribution in [-0.4, -0.2) is 43.3 Å². The topological polar surface area (TPSA) is 141 Å². The van der Waals surface area contributed by atoms with Gasteiger partial charge in [0.05, 0.1) is 16.9 Å². The van der Waals surface area contributed by atoms with E-state index in [0.29, 0.717) is 10.5 Å². The number of hydrogen-bond donors (Lipinski definition) is 2. The summed E-state index contributed by atoms with van der Waals surface area (Å²) in [4.78, 5) is 34.8. The monoisotopic (exact) mass is 367 g/mol. The van der Waals surface area contributed by atoms with Crippen molar-refractivity contribution in [1.82, 2.24) is 4.90 Å². The Labute approximate surface area is 145 Å². The van der Waals surface area contributed by atoms with E-state index < -0.39 is 36.1 Å². The Hall–Kier alpha value is -2.59. The predicted molar refractivity (Wildman–Crippen MR) is 83.2 cm³/mol. The first kappa shape index (κ1) is 17.8. The molecule has 0 unspecified atom stereocenters. The van der Waals surface area contributed by atoms with Gasteiger partial charge >= 0.3 is 0 Å². The Morgan fingerprint density at radius 3 is 2.50 bits per heavy atom. The van der Waals surface area contributed by atoms with Crippen LogP contribution >= 0.6 is 24.0 Å². The lowest BCUT2D eigenvalue weighted by molar-refractivity contribution is -0.319. The highest BCUT2D eigenvalue weighted by Gasteiger charge is 2.37. The van der Waals surface area contributed by atoms with Crippen LogP contribution in [0.4, 0.5) is 0 Å². The molecule has 24 heavy (non-hydrogen) atoms. The van der Waals surface area contributed by atoms with Crippen molar-refractivity contribution >= 4 is 52.2 Å². The average molecular weight is 367 g/mol. The molecule has 10 heteroatoms. The van der Waals surface area contributed by atoms with Gasteiger partial charge in [-0.05, 0) is 23.8 Å². The molecule has 0 spiro atoms. The number of phenolic OH excluding ortho intramolecular Hbond substituents is 2. The molecule has 1 saturated heterocycles. The Morgan fingerprint density at radius 2 is 1.96 bits per heavy atom. The fourth-order valence-electron chi connectivity index (χ4n) is 1.97. The summed E-state index contributed by atoms with van der Waals surface area (Å²) in [5.41, 5.74) is 0.357. The fraction of sp³-hybridized carbons (Fsp3) is 0.143. The molecule has 0 radical (unpaired) electrons. The minimum absolute atomic E-state index is 0.0367. The molecule has 0 aromatic heterocycles. The summed E-state index contributed by atoms with van der Waals surface area (Å²) in [6.07, 6.45) is 0.367. The number of benzene rings is 1. The van der Waals surface area contributed by atoms with Gasteiger partial charge in [0.15, 0.2) is 11.5 Å². The highest BCUT2D eigenvalue weighted by atomic mass is 32.2. The van der Waals surface area contributed by atoms with E-state index >= 15 is 0 Å². The van der Waals surface area contributed by atoms with Crippen molar-refractivity contribution in [3.63, 3.8) is 0 Å². The maximum Gasteiger partial charge on any atom is 0.266 e. The maximum absolute atomic E-state index is 12.3. The van der Waals surface area contributed by atoms with Crippen LogP contribution in [0.3, 0.4) is 0 Å². The number of thioether (sulfide) groups is 1. The largest absolute Gasteiger partial charge is 0.550 e. The van der Waals surface area contributed by atoms with Crippen molar-refractivity contribution < 1.29 is 34.8 Å². The molecule has 1 fully saturated rings. The van der Waals surface area contributed by atoms with Gasteiger partial charge in [0, 0.05) is 12.4 Å². The first-order valence-corrected chi connectivity index (χ1v) is 7.63. The lowest BCUT2D eigenvalue weighted by Crippen LogP contribution is -2.52. The summed E-state index contributed by atoms with van der Waals surface area (Å²) in [5.74, 6) is -4.97. The number of carbonyl (C=O) groups excluding carboxylic acids is 3. The van der Waals surface area contributed by atoms with Crippen molar-refractivity contribution in [3.8, 4) is 11.5 Å². The molecular formula is C14H9NO7S2-2. The highest BCUT2D eigenvalue weighted by Crippen LogP contribution is 2.35. The van der Waals surface area contributed by atoms with E-state index in [9.17, 15) is 34.8 Å². The zero-order valence-electron chi connectivity index (χ0n) is 11.8. The quantitative estimate of drug-likeness (QED) is 0.363. The number of thiocarbonyl (C=S) groups is 1. The Morgan fingerprint density at radius 1 is 1.29 bits per heavy atom. The van der Waals surface area contributed by atoms with Crippen LogP contribution in [0.1, 0.15) is 12.0 Å². The van der Waals surface area contributed by atoms with Crippen LogP contribution in [0.15, 0.2) is 23.1 Å². The third-order valence-electron chi connectivity index (χ3n) is 3.06. The summed E-state index contributed by atoms with van der Waals surface area (Å²) in [6, 6.07) is 2.04. The number of hydrogen-bond acceptors (Lipinski definition) is 9. The van der Waals surface area contributed by atoms with E-state index in [1.54, 1.807) is 0 Å². The molecule has 8 nitrogen and oxygen atoms in total. The second kappa shape index (κ2) is 6.89. The molecule has 2 N–H and O–H groups in total. The molecular weight excluding hydrogens is 358 g/mol. The number of carboxylic acids is 2. The standard InChI is InChI=1S/C14H11NO7S2/c16-8-2-1-6(3-9(8)17)4-10-12(20)15(14(23)24-10)7(13(21)22)5-11(18)19/h1-4,7,16-17H,5H2,(H,18,19)(H,21,22)/p-2/b10-4+/t7-/m1/s1. The lowest BCUT2D eigenvalue weighted by Gasteiger charge is -2.27. The normalized spacial score (nSPS) is 17.3. The summed E-state index contributed by atoms with van der Waals surface area (Å²) in [7, 11) is 0. The van der Waals surface area contributed by atoms with E-state index in [0.717, 1.165) is 11.8 Å². The maximum atomic E-state index is 12.3. The van der Waals surface area contributed by atoms with Gasteiger partial charge in [0.1, 0.15) is 4.32 Å². The molecule has 1 aromatic rings. The molecule has 1 aliphatic heterocycles. The minimum atomic E-state index is -1.78. The summed E-state index contributed by atoms with van der Waals surface area (Å²) < 4.78 is -0.135. The number of phenols is 2. The summed E-state index contributed by atoms with van der Waals surface area (Å²) in [6.45, 7) is 0. The van der Waals surface area contributed by atoms with Gasteiger partial charge in [0.25, 0.3) is 5.91 Å². The lowest BCUT2D eigenvalue weighted by atomic mass is 10.1. The zero-order chi connectivity index (χ0) is 18.0. The first-order valence-electron chi connectivity index (χ1n) is 6.40. The Kier molecular flexibility index (Phi) is 5.10. The van der Waals surface area contributed by atoms with Crippen molar-refractivity contribution in [2.45, 2.75) is 12.5 Å². The smallest absolute Gasteiger partial charge is 0.266 e. The van der Waals surface area contributed by atoms with Crippen molar-refractivity contribution in [2.24, 2.45) is 0 Å². The zero-order valence-corrected chi connectivity index (χ0v) is 13.4. The van der Waals surface area contributed by atoms with Crippen LogP contribution in [0.5, 0.6) is 11.5 Å². The summed E-state index contributed by atoms with van der Waals surface area (Å²) >= 11 is 5.72. The molecule has 1 heterocycles. The Balaban J connectivity index is 2.33. The van der Waals surface area contributed by atoms with E-state index in [2.05, 4.69) is 0 Å². The van der Waals surface area contributed by atoms with Gasteiger partial charge in [-0.25, -0.2) is 0 Å². The number of nitrogens with zero attached hydrogens (tertiary/aromatic N) is 1. The molecule has 0 saturated carbocycles. The third-order valence-corrected chi connectivity index (χ3v) is 4.39. The van der Waals surface area contributed by atoms with E-state index in [1.807, 2.05) is 0 Å². The second-order valence-electron chi connectivity index (χ2n) is 4.71. The molecule has 1 amide bonds. The Bertz CT molecular complexity index is 774. The van der Waals surface area contributed by atoms with Crippen LogP contribution in [0.2, 0.25) is 0 Å². The summed E-state index contributed by atoms with van der Waals surface area (Å²) in [5, 5.41) is 40.5. The number of rotatable bonds is 5. The van der Waals surface area contributed by atoms with Crippen LogP contribution < -0.4 is 10.2 Å². The number of aliphatic carboxylic acids is 2. The molecule has 2 rings (SSSR count). The van der Waals surface area contributed by atoms with Gasteiger partial charge in [0.2, 0.25) is 0 Å². The molecule has 0 aliphatic carbocycles. The number of carbonyl (C=O) groups is 3. The molecule has 126 valence electrons. The number of amides is 1. The van der Waals surface area contributed by atoms with E-state index in [4.69, 9.17) is 12.2 Å². The molecule has 1 atom stereocenters. The highest BCUT2D eigenvalue weighted by molar-refractivity contribution is 8.26.